The molecular weight excluding hydrogens is 320 g/mol. The van der Waals surface area contributed by atoms with Gasteiger partial charge in [0.2, 0.25) is 0 Å². The molecule has 0 bridgehead atoms. The first kappa shape index (κ1) is 14.6. The molecule has 0 nitrogen and oxygen atoms in total. The van der Waals surface area contributed by atoms with E-state index >= 15 is 0 Å². The van der Waals surface area contributed by atoms with Crippen molar-refractivity contribution in [3.8, 4) is 11.1 Å². The van der Waals surface area contributed by atoms with Gasteiger partial charge in [0.25, 0.3) is 0 Å². The van der Waals surface area contributed by atoms with E-state index in [4.69, 9.17) is 0 Å². The van der Waals surface area contributed by atoms with Crippen LogP contribution >= 0.6 is 15.9 Å². The fourth-order valence-electron chi connectivity index (χ4n) is 3.17. The van der Waals surface area contributed by atoms with Crippen LogP contribution < -0.4 is 0 Å². The molecule has 0 amide bonds. The zero-order valence-corrected chi connectivity index (χ0v) is 14.3. The second-order valence-corrected chi connectivity index (χ2v) is 6.64. The van der Waals surface area contributed by atoms with E-state index in [0.29, 0.717) is 0 Å². The Hall–Kier alpha value is -1.34. The van der Waals surface area contributed by atoms with E-state index in [9.17, 15) is 0 Å². The molecule has 2 aromatic rings. The van der Waals surface area contributed by atoms with E-state index in [1.54, 1.807) is 0 Å². The van der Waals surface area contributed by atoms with Gasteiger partial charge in [-0.1, -0.05) is 65.7 Å². The largest absolute Gasteiger partial charge is 0.0795 e. The molecule has 0 saturated carbocycles. The van der Waals surface area contributed by atoms with E-state index in [2.05, 4.69) is 72.3 Å². The Morgan fingerprint density at radius 1 is 1.14 bits per heavy atom. The summed E-state index contributed by atoms with van der Waals surface area (Å²) in [7, 11) is 0. The van der Waals surface area contributed by atoms with Gasteiger partial charge in [0.05, 0.1) is 0 Å². The number of allylic oxidation sites excluding steroid dienone is 1. The van der Waals surface area contributed by atoms with Crippen molar-refractivity contribution >= 4 is 22.0 Å². The third-order valence-corrected chi connectivity index (χ3v) is 5.22. The lowest BCUT2D eigenvalue weighted by Crippen LogP contribution is -1.97. The summed E-state index contributed by atoms with van der Waals surface area (Å²) in [6.45, 7) is 4.46. The molecule has 2 aromatic carbocycles. The van der Waals surface area contributed by atoms with Crippen LogP contribution in [0.3, 0.4) is 0 Å². The van der Waals surface area contributed by atoms with Crippen molar-refractivity contribution in [1.82, 2.24) is 0 Å². The van der Waals surface area contributed by atoms with Crippen molar-refractivity contribution in [3.63, 3.8) is 0 Å². The Labute approximate surface area is 136 Å². The Balaban J connectivity index is 2.14. The van der Waals surface area contributed by atoms with Gasteiger partial charge in [0.1, 0.15) is 0 Å². The highest BCUT2D eigenvalue weighted by molar-refractivity contribution is 9.10. The third kappa shape index (κ3) is 2.72. The topological polar surface area (TPSA) is 0 Å². The lowest BCUT2D eigenvalue weighted by Gasteiger charge is -2.16. The Morgan fingerprint density at radius 3 is 2.76 bits per heavy atom. The molecule has 0 atom stereocenters. The van der Waals surface area contributed by atoms with E-state index in [1.807, 2.05) is 0 Å². The van der Waals surface area contributed by atoms with Gasteiger partial charge in [-0.25, -0.2) is 0 Å². The van der Waals surface area contributed by atoms with E-state index in [0.717, 1.165) is 6.42 Å². The average Bonchev–Trinajstić information content (AvgIpc) is 2.99. The molecule has 0 aromatic heterocycles. The highest BCUT2D eigenvalue weighted by Crippen LogP contribution is 2.38. The maximum Gasteiger partial charge on any atom is 0.0216 e. The Morgan fingerprint density at radius 2 is 1.95 bits per heavy atom. The zero-order chi connectivity index (χ0) is 14.8. The number of aryl methyl sites for hydroxylation is 1. The SMILES string of the molecule is CCCCc1ccccc1-c1cc(Br)c(C)c2c1CC=C2. The smallest absolute Gasteiger partial charge is 0.0216 e. The molecule has 0 radical (unpaired) electrons. The number of fused-ring (bicyclic) bond motifs is 1. The summed E-state index contributed by atoms with van der Waals surface area (Å²) in [6, 6.07) is 11.2. The van der Waals surface area contributed by atoms with Crippen LogP contribution in [0.4, 0.5) is 0 Å². The van der Waals surface area contributed by atoms with Crippen molar-refractivity contribution in [2.75, 3.05) is 0 Å². The molecule has 1 aliphatic rings. The quantitative estimate of drug-likeness (QED) is 0.609. The summed E-state index contributed by atoms with van der Waals surface area (Å²) in [5, 5.41) is 0. The number of halogens is 1. The van der Waals surface area contributed by atoms with Gasteiger partial charge in [-0.05, 0) is 65.6 Å². The number of unbranched alkanes of at least 4 members (excludes halogenated alkanes) is 1. The first-order chi connectivity index (χ1) is 10.2. The Bertz CT molecular complexity index is 695. The zero-order valence-electron chi connectivity index (χ0n) is 12.7. The summed E-state index contributed by atoms with van der Waals surface area (Å²) >= 11 is 3.74. The second kappa shape index (κ2) is 6.19. The van der Waals surface area contributed by atoms with Gasteiger partial charge in [0, 0.05) is 4.47 Å². The van der Waals surface area contributed by atoms with Crippen molar-refractivity contribution in [2.45, 2.75) is 39.5 Å². The van der Waals surface area contributed by atoms with E-state index in [-0.39, 0.29) is 0 Å². The molecular formula is C20H21Br. The molecule has 21 heavy (non-hydrogen) atoms. The Kier molecular flexibility index (Phi) is 4.30. The minimum Gasteiger partial charge on any atom is -0.0795 e. The number of benzene rings is 2. The molecule has 108 valence electrons. The highest BCUT2D eigenvalue weighted by atomic mass is 79.9. The van der Waals surface area contributed by atoms with Crippen molar-refractivity contribution < 1.29 is 0 Å². The second-order valence-electron chi connectivity index (χ2n) is 5.79. The summed E-state index contributed by atoms with van der Waals surface area (Å²) in [6.07, 6.45) is 9.27. The molecule has 0 heterocycles. The van der Waals surface area contributed by atoms with Gasteiger partial charge in [-0.2, -0.15) is 0 Å². The fraction of sp³-hybridized carbons (Fsp3) is 0.300. The predicted molar refractivity (Wildman–Crippen MR) is 95.7 cm³/mol. The molecule has 1 aliphatic carbocycles. The summed E-state index contributed by atoms with van der Waals surface area (Å²) in [5.74, 6) is 0. The summed E-state index contributed by atoms with van der Waals surface area (Å²) < 4.78 is 1.22. The van der Waals surface area contributed by atoms with E-state index < -0.39 is 0 Å². The monoisotopic (exact) mass is 340 g/mol. The number of rotatable bonds is 4. The maximum atomic E-state index is 3.74. The van der Waals surface area contributed by atoms with E-state index in [1.165, 1.54) is 57.1 Å². The molecule has 3 rings (SSSR count). The first-order valence-corrected chi connectivity index (χ1v) is 8.58. The van der Waals surface area contributed by atoms with Crippen LogP contribution in [0.5, 0.6) is 0 Å². The van der Waals surface area contributed by atoms with Crippen LogP contribution in [-0.4, -0.2) is 0 Å². The molecule has 0 spiro atoms. The molecule has 0 aliphatic heterocycles. The average molecular weight is 341 g/mol. The van der Waals surface area contributed by atoms with Crippen LogP contribution in [0.25, 0.3) is 17.2 Å². The van der Waals surface area contributed by atoms with Gasteiger partial charge in [-0.15, -0.1) is 0 Å². The number of hydrogen-bond donors (Lipinski definition) is 0. The van der Waals surface area contributed by atoms with Crippen LogP contribution in [-0.2, 0) is 12.8 Å². The van der Waals surface area contributed by atoms with Gasteiger partial charge < -0.3 is 0 Å². The minimum atomic E-state index is 1.06. The maximum absolute atomic E-state index is 3.74. The normalized spacial score (nSPS) is 12.7. The van der Waals surface area contributed by atoms with Gasteiger partial charge >= 0.3 is 0 Å². The molecule has 0 unspecified atom stereocenters. The van der Waals surface area contributed by atoms with Gasteiger partial charge in [0.15, 0.2) is 0 Å². The lowest BCUT2D eigenvalue weighted by atomic mass is 9.90. The van der Waals surface area contributed by atoms with Crippen LogP contribution in [0, 0.1) is 6.92 Å². The van der Waals surface area contributed by atoms with Crippen LogP contribution in [0.2, 0.25) is 0 Å². The van der Waals surface area contributed by atoms with Crippen LogP contribution in [0.1, 0.15) is 42.0 Å². The fourth-order valence-corrected chi connectivity index (χ4v) is 3.61. The predicted octanol–water partition coefficient (Wildman–Crippen LogP) is 6.34. The molecule has 0 saturated heterocycles. The minimum absolute atomic E-state index is 1.06. The third-order valence-electron chi connectivity index (χ3n) is 4.40. The van der Waals surface area contributed by atoms with Crippen molar-refractivity contribution in [1.29, 1.82) is 0 Å². The highest BCUT2D eigenvalue weighted by Gasteiger charge is 2.17. The van der Waals surface area contributed by atoms with Gasteiger partial charge in [-0.3, -0.25) is 0 Å². The van der Waals surface area contributed by atoms with Crippen LogP contribution in [0.15, 0.2) is 40.9 Å². The summed E-state index contributed by atoms with van der Waals surface area (Å²) in [4.78, 5) is 0. The standard InChI is InChI=1S/C20H21Br/c1-3-4-8-15-9-5-6-10-17(15)19-13-20(21)14(2)16-11-7-12-18(16)19/h5-7,9-11,13H,3-4,8,12H2,1-2H3. The number of hydrogen-bond acceptors (Lipinski definition) is 0. The first-order valence-electron chi connectivity index (χ1n) is 7.79. The lowest BCUT2D eigenvalue weighted by molar-refractivity contribution is 0.796. The summed E-state index contributed by atoms with van der Waals surface area (Å²) in [5.41, 5.74) is 8.54. The molecule has 1 heteroatoms. The van der Waals surface area contributed by atoms with Crippen molar-refractivity contribution in [2.24, 2.45) is 0 Å². The molecule has 0 N–H and O–H groups in total. The molecule has 0 fully saturated rings. The van der Waals surface area contributed by atoms with Crippen molar-refractivity contribution in [3.05, 3.63) is 63.1 Å².